The highest BCUT2D eigenvalue weighted by atomic mass is 32.1. The van der Waals surface area contributed by atoms with Gasteiger partial charge in [0.2, 0.25) is 0 Å². The van der Waals surface area contributed by atoms with E-state index in [1.165, 1.54) is 21.6 Å². The van der Waals surface area contributed by atoms with Gasteiger partial charge < -0.3 is 5.32 Å². The topological polar surface area (TPSA) is 24.9 Å². The van der Waals surface area contributed by atoms with Crippen molar-refractivity contribution in [3.8, 4) is 21.8 Å². The van der Waals surface area contributed by atoms with Gasteiger partial charge in [-0.25, -0.2) is 4.98 Å². The molecule has 0 saturated heterocycles. The van der Waals surface area contributed by atoms with Gasteiger partial charge in [-0.15, -0.1) is 11.3 Å². The van der Waals surface area contributed by atoms with Gasteiger partial charge >= 0.3 is 0 Å². The van der Waals surface area contributed by atoms with E-state index >= 15 is 0 Å². The molecule has 0 aliphatic rings. The van der Waals surface area contributed by atoms with Crippen molar-refractivity contribution in [2.45, 2.75) is 13.3 Å². The van der Waals surface area contributed by atoms with Gasteiger partial charge in [-0.1, -0.05) is 30.3 Å². The van der Waals surface area contributed by atoms with Crippen molar-refractivity contribution in [2.24, 2.45) is 0 Å². The Balaban J connectivity index is 2.05. The quantitative estimate of drug-likeness (QED) is 0.744. The van der Waals surface area contributed by atoms with Crippen molar-refractivity contribution >= 4 is 22.7 Å². The van der Waals surface area contributed by atoms with Crippen LogP contribution in [0.15, 0.2) is 41.1 Å². The van der Waals surface area contributed by atoms with Crippen LogP contribution in [0.4, 0.5) is 0 Å². The first-order chi connectivity index (χ1) is 10.3. The van der Waals surface area contributed by atoms with E-state index in [0.717, 1.165) is 23.7 Å². The summed E-state index contributed by atoms with van der Waals surface area (Å²) in [7, 11) is 1.99. The van der Waals surface area contributed by atoms with E-state index in [1.807, 2.05) is 24.5 Å². The number of aryl methyl sites for hydroxylation is 1. The van der Waals surface area contributed by atoms with Crippen LogP contribution in [0.2, 0.25) is 0 Å². The predicted molar refractivity (Wildman–Crippen MR) is 93.2 cm³/mol. The number of thiazole rings is 1. The number of nitrogens with zero attached hydrogens (tertiary/aromatic N) is 1. The number of benzene rings is 1. The third-order valence-electron chi connectivity index (χ3n) is 3.43. The van der Waals surface area contributed by atoms with Crippen LogP contribution >= 0.6 is 22.7 Å². The largest absolute Gasteiger partial charge is 0.319 e. The molecule has 0 aliphatic carbocycles. The van der Waals surface area contributed by atoms with E-state index in [1.54, 1.807) is 11.3 Å². The number of thiophene rings is 1. The van der Waals surface area contributed by atoms with Crippen LogP contribution in [-0.4, -0.2) is 18.6 Å². The highest BCUT2D eigenvalue weighted by molar-refractivity contribution is 7.16. The Kier molecular flexibility index (Phi) is 4.48. The molecule has 0 radical (unpaired) electrons. The fraction of sp³-hybridized carbons (Fsp3) is 0.235. The molecule has 3 aromatic rings. The summed E-state index contributed by atoms with van der Waals surface area (Å²) in [4.78, 5) is 6.29. The number of rotatable bonds is 5. The lowest BCUT2D eigenvalue weighted by atomic mass is 10.1. The summed E-state index contributed by atoms with van der Waals surface area (Å²) in [5.74, 6) is 0. The lowest BCUT2D eigenvalue weighted by molar-refractivity contribution is 0.799. The smallest absolute Gasteiger partial charge is 0.125 e. The molecule has 21 heavy (non-hydrogen) atoms. The summed E-state index contributed by atoms with van der Waals surface area (Å²) in [6, 6.07) is 10.5. The summed E-state index contributed by atoms with van der Waals surface area (Å²) in [6.45, 7) is 3.13. The third-order valence-corrected chi connectivity index (χ3v) is 5.44. The van der Waals surface area contributed by atoms with Gasteiger partial charge in [-0.05, 0) is 37.9 Å². The monoisotopic (exact) mass is 314 g/mol. The van der Waals surface area contributed by atoms with Crippen LogP contribution in [0.5, 0.6) is 0 Å². The molecular formula is C17H18N2S2. The van der Waals surface area contributed by atoms with Crippen LogP contribution in [0.1, 0.15) is 10.4 Å². The molecule has 0 bridgehead atoms. The Morgan fingerprint density at radius 2 is 1.95 bits per heavy atom. The standard InChI is InChI=1S/C17H18N2S2/c1-12-10-20-11-14(12)17-19-16(13-6-4-3-5-7-13)15(21-17)8-9-18-2/h3-7,10-11,18H,8-9H2,1-2H3. The normalized spacial score (nSPS) is 11.0. The minimum absolute atomic E-state index is 0.976. The maximum Gasteiger partial charge on any atom is 0.125 e. The molecule has 2 heterocycles. The van der Waals surface area contributed by atoms with Crippen LogP contribution in [0, 0.1) is 6.92 Å². The summed E-state index contributed by atoms with van der Waals surface area (Å²) in [6.07, 6.45) is 1.02. The lowest BCUT2D eigenvalue weighted by Crippen LogP contribution is -2.09. The zero-order chi connectivity index (χ0) is 14.7. The van der Waals surface area contributed by atoms with E-state index in [9.17, 15) is 0 Å². The van der Waals surface area contributed by atoms with Crippen molar-refractivity contribution in [1.82, 2.24) is 10.3 Å². The van der Waals surface area contributed by atoms with Gasteiger partial charge in [0, 0.05) is 21.4 Å². The number of nitrogens with one attached hydrogen (secondary N) is 1. The molecule has 0 amide bonds. The Morgan fingerprint density at radius 3 is 2.62 bits per heavy atom. The highest BCUT2D eigenvalue weighted by Gasteiger charge is 2.15. The molecule has 3 rings (SSSR count). The maximum absolute atomic E-state index is 4.93. The van der Waals surface area contributed by atoms with E-state index in [4.69, 9.17) is 4.98 Å². The summed E-state index contributed by atoms with van der Waals surface area (Å²) < 4.78 is 0. The zero-order valence-electron chi connectivity index (χ0n) is 12.2. The number of likely N-dealkylation sites (N-methyl/N-ethyl adjacent to an activating group) is 1. The minimum atomic E-state index is 0.976. The SMILES string of the molecule is CNCCc1sc(-c2cscc2C)nc1-c1ccccc1. The molecule has 108 valence electrons. The Morgan fingerprint density at radius 1 is 1.14 bits per heavy atom. The lowest BCUT2D eigenvalue weighted by Gasteiger charge is -2.01. The van der Waals surface area contributed by atoms with Crippen LogP contribution in [-0.2, 0) is 6.42 Å². The van der Waals surface area contributed by atoms with Crippen molar-refractivity contribution in [3.05, 3.63) is 51.5 Å². The van der Waals surface area contributed by atoms with Crippen molar-refractivity contribution in [1.29, 1.82) is 0 Å². The molecular weight excluding hydrogens is 296 g/mol. The van der Waals surface area contributed by atoms with Crippen molar-refractivity contribution in [2.75, 3.05) is 13.6 Å². The molecule has 2 nitrogen and oxygen atoms in total. The Bertz CT molecular complexity index is 713. The van der Waals surface area contributed by atoms with Crippen LogP contribution < -0.4 is 5.32 Å². The average Bonchev–Trinajstić information content (AvgIpc) is 3.12. The summed E-state index contributed by atoms with van der Waals surface area (Å²) >= 11 is 3.57. The Labute approximate surface area is 133 Å². The fourth-order valence-electron chi connectivity index (χ4n) is 2.28. The molecule has 0 spiro atoms. The van der Waals surface area contributed by atoms with Gasteiger partial charge in [0.15, 0.2) is 0 Å². The average molecular weight is 314 g/mol. The van der Waals surface area contributed by atoms with Crippen molar-refractivity contribution < 1.29 is 0 Å². The summed E-state index contributed by atoms with van der Waals surface area (Å²) in [5.41, 5.74) is 4.93. The molecule has 4 heteroatoms. The van der Waals surface area contributed by atoms with Gasteiger partial charge in [-0.2, -0.15) is 11.3 Å². The van der Waals surface area contributed by atoms with E-state index < -0.39 is 0 Å². The van der Waals surface area contributed by atoms with Gasteiger partial charge in [0.05, 0.1) is 5.69 Å². The minimum Gasteiger partial charge on any atom is -0.319 e. The summed E-state index contributed by atoms with van der Waals surface area (Å²) in [5, 5.41) is 8.75. The molecule has 2 aromatic heterocycles. The van der Waals surface area contributed by atoms with E-state index in [-0.39, 0.29) is 0 Å². The van der Waals surface area contributed by atoms with Gasteiger partial charge in [-0.3, -0.25) is 0 Å². The van der Waals surface area contributed by atoms with Gasteiger partial charge in [0.25, 0.3) is 0 Å². The van der Waals surface area contributed by atoms with Gasteiger partial charge in [0.1, 0.15) is 5.01 Å². The third kappa shape index (κ3) is 3.07. The molecule has 1 aromatic carbocycles. The predicted octanol–water partition coefficient (Wildman–Crippen LogP) is 4.61. The molecule has 0 fully saturated rings. The molecule has 0 unspecified atom stereocenters. The first kappa shape index (κ1) is 14.4. The van der Waals surface area contributed by atoms with Crippen LogP contribution in [0.3, 0.4) is 0 Å². The van der Waals surface area contributed by atoms with E-state index in [2.05, 4.69) is 47.3 Å². The second-order valence-electron chi connectivity index (χ2n) is 4.98. The second kappa shape index (κ2) is 6.52. The van der Waals surface area contributed by atoms with Crippen LogP contribution in [0.25, 0.3) is 21.8 Å². The molecule has 0 aliphatic heterocycles. The Hall–Kier alpha value is -1.49. The number of hydrogen-bond acceptors (Lipinski definition) is 4. The highest BCUT2D eigenvalue weighted by Crippen LogP contribution is 2.36. The second-order valence-corrected chi connectivity index (χ2v) is 6.81. The van der Waals surface area contributed by atoms with E-state index in [0.29, 0.717) is 0 Å². The first-order valence-corrected chi connectivity index (χ1v) is 8.78. The first-order valence-electron chi connectivity index (χ1n) is 7.02. The van der Waals surface area contributed by atoms with Crippen molar-refractivity contribution in [3.63, 3.8) is 0 Å². The maximum atomic E-state index is 4.93. The zero-order valence-corrected chi connectivity index (χ0v) is 13.9. The molecule has 0 atom stereocenters. The molecule has 0 saturated carbocycles. The number of hydrogen-bond donors (Lipinski definition) is 1. The fourth-order valence-corrected chi connectivity index (χ4v) is 4.35. The molecule has 1 N–H and O–H groups in total. The number of aromatic nitrogens is 1.